The average molecular weight is 897 g/mol. The van der Waals surface area contributed by atoms with Crippen LogP contribution in [0.25, 0.3) is 0 Å². The first-order valence-electron chi connectivity index (χ1n) is 22.1. The number of benzene rings is 3. The Hall–Kier alpha value is -6.82. The van der Waals surface area contributed by atoms with Gasteiger partial charge in [0.15, 0.2) is 0 Å². The molecular formula is C47H60N8O10. The minimum Gasteiger partial charge on any atom is -0.457 e. The highest BCUT2D eigenvalue weighted by atomic mass is 16.5. The van der Waals surface area contributed by atoms with E-state index in [4.69, 9.17) is 15.2 Å². The van der Waals surface area contributed by atoms with Crippen molar-refractivity contribution in [2.24, 2.45) is 17.6 Å². The second-order valence-corrected chi connectivity index (χ2v) is 16.7. The Morgan fingerprint density at radius 3 is 2.15 bits per heavy atom. The van der Waals surface area contributed by atoms with Gasteiger partial charge in [-0.1, -0.05) is 101 Å². The van der Waals surface area contributed by atoms with Crippen LogP contribution in [-0.4, -0.2) is 96.1 Å². The minimum absolute atomic E-state index is 0.0218. The van der Waals surface area contributed by atoms with E-state index in [1.807, 2.05) is 32.0 Å². The summed E-state index contributed by atoms with van der Waals surface area (Å²) in [6.07, 6.45) is 3.61. The standard InChI is InChI=1S/C47H60N8O10/c1-4-15-36(41(57)45(61)49-26-38(56)51-39(42(48)58)30-16-8-5-9-17-30)50-44(60)37-25-33(53-54-43(59)32-20-14-23-35(24-32)65-34-21-12-7-13-22-34)27-55(37)46(62)40(31-18-10-6-11-19-31)52-47(63)64-28-29(2)3/h5,7-9,12-14,16-17,20-24,29,31,33,36-37,39-40,53H,4,6,10-11,15,18-19,25-28H2,1-3H3,(H2,48,58)(H,49,61)(H,50,60)(H,51,56)(H,52,63)(H,54,59)/t33-,36?,37?,39+,40+/m1/s1. The summed E-state index contributed by atoms with van der Waals surface area (Å²) in [5.41, 5.74) is 11.8. The van der Waals surface area contributed by atoms with Crippen LogP contribution >= 0.6 is 0 Å². The Morgan fingerprint density at radius 1 is 0.815 bits per heavy atom. The second-order valence-electron chi connectivity index (χ2n) is 16.7. The lowest BCUT2D eigenvalue weighted by Gasteiger charge is -2.34. The van der Waals surface area contributed by atoms with E-state index in [2.05, 4.69) is 32.1 Å². The van der Waals surface area contributed by atoms with Crippen LogP contribution in [0.2, 0.25) is 0 Å². The fourth-order valence-corrected chi connectivity index (χ4v) is 7.84. The smallest absolute Gasteiger partial charge is 0.407 e. The SMILES string of the molecule is CCCC(NC(=O)C1C[C@@H](NNC(=O)c2cccc(Oc3ccccc3)c2)CN1C(=O)[C@@H](NC(=O)OCC(C)C)C1CCCCC1)C(=O)C(=O)NCC(=O)N[C@H](C(N)=O)c1ccccc1. The summed E-state index contributed by atoms with van der Waals surface area (Å²) >= 11 is 0. The van der Waals surface area contributed by atoms with Crippen molar-refractivity contribution in [3.05, 3.63) is 96.1 Å². The van der Waals surface area contributed by atoms with E-state index in [-0.39, 0.29) is 43.4 Å². The Balaban J connectivity index is 1.31. The molecular weight excluding hydrogens is 837 g/mol. The molecule has 18 nitrogen and oxygen atoms in total. The normalized spacial score (nSPS) is 17.4. The minimum atomic E-state index is -1.34. The molecule has 2 aliphatic rings. The zero-order valence-electron chi connectivity index (χ0n) is 37.0. The van der Waals surface area contributed by atoms with E-state index in [0.29, 0.717) is 36.3 Å². The number of carbonyl (C=O) groups excluding carboxylic acids is 8. The van der Waals surface area contributed by atoms with Gasteiger partial charge in [-0.05, 0) is 73.4 Å². The predicted octanol–water partition coefficient (Wildman–Crippen LogP) is 3.33. The van der Waals surface area contributed by atoms with Gasteiger partial charge in [0.05, 0.1) is 19.2 Å². The maximum Gasteiger partial charge on any atom is 0.407 e. The van der Waals surface area contributed by atoms with Crippen molar-refractivity contribution in [3.63, 3.8) is 0 Å². The predicted molar refractivity (Wildman–Crippen MR) is 239 cm³/mol. The van der Waals surface area contributed by atoms with E-state index in [1.54, 1.807) is 73.7 Å². The zero-order chi connectivity index (χ0) is 46.9. The highest BCUT2D eigenvalue weighted by Gasteiger charge is 2.45. The van der Waals surface area contributed by atoms with Crippen molar-refractivity contribution in [2.45, 2.75) is 102 Å². The summed E-state index contributed by atoms with van der Waals surface area (Å²) in [6.45, 7) is 4.91. The van der Waals surface area contributed by atoms with Crippen LogP contribution in [0, 0.1) is 11.8 Å². The molecule has 0 spiro atoms. The molecule has 8 N–H and O–H groups in total. The number of hydrogen-bond acceptors (Lipinski definition) is 11. The molecule has 2 fully saturated rings. The van der Waals surface area contributed by atoms with E-state index in [0.717, 1.165) is 19.3 Å². The summed E-state index contributed by atoms with van der Waals surface area (Å²) in [7, 11) is 0. The van der Waals surface area contributed by atoms with Crippen LogP contribution < -0.4 is 42.6 Å². The number of ketones is 1. The molecule has 1 heterocycles. The fraction of sp³-hybridized carbons (Fsp3) is 0.447. The maximum atomic E-state index is 14.7. The number of amides is 7. The van der Waals surface area contributed by atoms with Gasteiger partial charge in [-0.15, -0.1) is 0 Å². The highest BCUT2D eigenvalue weighted by molar-refractivity contribution is 6.38. The zero-order valence-corrected chi connectivity index (χ0v) is 37.0. The number of nitrogens with zero attached hydrogens (tertiary/aromatic N) is 1. The van der Waals surface area contributed by atoms with Gasteiger partial charge in [0.25, 0.3) is 11.8 Å². The molecule has 3 aromatic carbocycles. The maximum absolute atomic E-state index is 14.7. The van der Waals surface area contributed by atoms with Crippen molar-refractivity contribution in [2.75, 3.05) is 19.7 Å². The van der Waals surface area contributed by atoms with Crippen LogP contribution in [-0.2, 0) is 33.5 Å². The molecule has 5 atom stereocenters. The molecule has 2 unspecified atom stereocenters. The third-order valence-electron chi connectivity index (χ3n) is 11.1. The fourth-order valence-electron chi connectivity index (χ4n) is 7.84. The van der Waals surface area contributed by atoms with E-state index < -0.39 is 84.1 Å². The Kier molecular flexibility index (Phi) is 18.4. The molecule has 0 radical (unpaired) electrons. The van der Waals surface area contributed by atoms with Crippen molar-refractivity contribution in [3.8, 4) is 11.5 Å². The van der Waals surface area contributed by atoms with E-state index in [9.17, 15) is 38.4 Å². The lowest BCUT2D eigenvalue weighted by Crippen LogP contribution is -2.58. The number of nitrogens with two attached hydrogens (primary N) is 1. The number of para-hydroxylation sites is 1. The van der Waals surface area contributed by atoms with Crippen molar-refractivity contribution >= 4 is 47.3 Å². The van der Waals surface area contributed by atoms with Gasteiger partial charge in [0.1, 0.15) is 29.6 Å². The summed E-state index contributed by atoms with van der Waals surface area (Å²) in [5.74, 6) is -4.78. The number of nitrogens with one attached hydrogen (secondary N) is 6. The van der Waals surface area contributed by atoms with Crippen LogP contribution in [0.5, 0.6) is 11.5 Å². The van der Waals surface area contributed by atoms with Crippen LogP contribution in [0.3, 0.4) is 0 Å². The molecule has 1 saturated carbocycles. The number of ether oxygens (including phenoxy) is 2. The molecule has 3 aromatic rings. The molecule has 0 bridgehead atoms. The largest absolute Gasteiger partial charge is 0.457 e. The quantitative estimate of drug-likeness (QED) is 0.0603. The van der Waals surface area contributed by atoms with Gasteiger partial charge in [-0.2, -0.15) is 0 Å². The molecule has 348 valence electrons. The molecule has 1 aliphatic heterocycles. The van der Waals surface area contributed by atoms with Crippen molar-refractivity contribution in [1.29, 1.82) is 0 Å². The van der Waals surface area contributed by atoms with Crippen LogP contribution in [0.15, 0.2) is 84.9 Å². The van der Waals surface area contributed by atoms with Gasteiger partial charge in [-0.25, -0.2) is 10.2 Å². The average Bonchev–Trinajstić information content (AvgIpc) is 3.75. The Bertz CT molecular complexity index is 2130. The first-order chi connectivity index (χ1) is 31.2. The summed E-state index contributed by atoms with van der Waals surface area (Å²) < 4.78 is 11.3. The number of primary amides is 1. The summed E-state index contributed by atoms with van der Waals surface area (Å²) in [6, 6.07) is 18.4. The van der Waals surface area contributed by atoms with Gasteiger partial charge in [0.2, 0.25) is 29.4 Å². The van der Waals surface area contributed by atoms with Gasteiger partial charge >= 0.3 is 6.09 Å². The number of alkyl carbamates (subject to hydrolysis) is 1. The number of rotatable bonds is 21. The topological polar surface area (TPSA) is 256 Å². The Labute approximate surface area is 378 Å². The molecule has 1 saturated heterocycles. The number of carbonyl (C=O) groups is 8. The number of hydrogen-bond donors (Lipinski definition) is 7. The summed E-state index contributed by atoms with van der Waals surface area (Å²) in [5, 5.41) is 10.1. The van der Waals surface area contributed by atoms with Gasteiger partial charge < -0.3 is 41.4 Å². The van der Waals surface area contributed by atoms with E-state index >= 15 is 0 Å². The van der Waals surface area contributed by atoms with Gasteiger partial charge in [-0.3, -0.25) is 39.0 Å². The van der Waals surface area contributed by atoms with Gasteiger partial charge in [0, 0.05) is 18.2 Å². The molecule has 1 aliphatic carbocycles. The van der Waals surface area contributed by atoms with Crippen molar-refractivity contribution in [1.82, 2.24) is 37.0 Å². The number of Topliss-reactive ketones (excluding diaryl/α,β-unsaturated/α-hetero) is 1. The third kappa shape index (κ3) is 14.6. The highest BCUT2D eigenvalue weighted by Crippen LogP contribution is 2.30. The molecule has 5 rings (SSSR count). The number of hydrazine groups is 1. The second kappa shape index (κ2) is 24.3. The third-order valence-corrected chi connectivity index (χ3v) is 11.1. The molecule has 7 amide bonds. The number of likely N-dealkylation sites (tertiary alicyclic amines) is 1. The molecule has 18 heteroatoms. The monoisotopic (exact) mass is 896 g/mol. The molecule has 65 heavy (non-hydrogen) atoms. The first kappa shape index (κ1) is 49.2. The lowest BCUT2D eigenvalue weighted by atomic mass is 9.83. The Morgan fingerprint density at radius 2 is 1.49 bits per heavy atom. The summed E-state index contributed by atoms with van der Waals surface area (Å²) in [4.78, 5) is 108. The molecule has 0 aromatic heterocycles. The lowest BCUT2D eigenvalue weighted by molar-refractivity contribution is -0.143. The van der Waals surface area contributed by atoms with E-state index in [1.165, 1.54) is 4.90 Å². The van der Waals surface area contributed by atoms with Crippen LogP contribution in [0.1, 0.15) is 94.1 Å². The van der Waals surface area contributed by atoms with Crippen LogP contribution in [0.4, 0.5) is 4.79 Å². The first-order valence-corrected chi connectivity index (χ1v) is 22.1. The van der Waals surface area contributed by atoms with Crippen molar-refractivity contribution < 1.29 is 47.8 Å².